The van der Waals surface area contributed by atoms with Crippen molar-refractivity contribution in [3.05, 3.63) is 35.9 Å². The zero-order chi connectivity index (χ0) is 18.0. The molecule has 0 saturated heterocycles. The maximum Gasteiger partial charge on any atom is 0.251 e. The molecule has 142 valence electrons. The first kappa shape index (κ1) is 21.7. The summed E-state index contributed by atoms with van der Waals surface area (Å²) in [5.74, 6) is 0.0512. The average Bonchev–Trinajstić information content (AvgIpc) is 2.65. The van der Waals surface area contributed by atoms with E-state index >= 15 is 0 Å². The minimum absolute atomic E-state index is 0.0512. The first-order chi connectivity index (χ1) is 12.3. The third-order valence-corrected chi connectivity index (χ3v) is 4.85. The maximum atomic E-state index is 11.9. The third kappa shape index (κ3) is 12.7. The molecule has 0 aliphatic carbocycles. The second-order valence-electron chi connectivity index (χ2n) is 7.22. The van der Waals surface area contributed by atoms with Gasteiger partial charge in [-0.15, -0.1) is 0 Å². The Morgan fingerprint density at radius 1 is 0.680 bits per heavy atom. The molecule has 0 fully saturated rings. The van der Waals surface area contributed by atoms with Crippen molar-refractivity contribution in [2.45, 2.75) is 96.8 Å². The van der Waals surface area contributed by atoms with Gasteiger partial charge in [0.1, 0.15) is 0 Å². The van der Waals surface area contributed by atoms with E-state index in [9.17, 15) is 4.79 Å². The number of nitrogens with one attached hydrogen (secondary N) is 1. The van der Waals surface area contributed by atoms with E-state index in [4.69, 9.17) is 0 Å². The third-order valence-electron chi connectivity index (χ3n) is 4.85. The first-order valence-corrected chi connectivity index (χ1v) is 10.7. The molecule has 0 radical (unpaired) electrons. The van der Waals surface area contributed by atoms with Crippen LogP contribution in [0.2, 0.25) is 0 Å². The molecule has 1 aromatic rings. The van der Waals surface area contributed by atoms with E-state index in [0.29, 0.717) is 0 Å². The molecule has 2 heteroatoms. The molecule has 0 bridgehead atoms. The number of carbonyl (C=O) groups is 1. The van der Waals surface area contributed by atoms with E-state index in [0.717, 1.165) is 18.5 Å². The summed E-state index contributed by atoms with van der Waals surface area (Å²) in [7, 11) is 0. The molecular formula is C23H39NO. The SMILES string of the molecule is CCCCCCCCCCCCCCCCNC(=O)c1ccccc1. The Morgan fingerprint density at radius 3 is 1.60 bits per heavy atom. The minimum Gasteiger partial charge on any atom is -0.352 e. The van der Waals surface area contributed by atoms with Gasteiger partial charge in [-0.1, -0.05) is 109 Å². The number of unbranched alkanes of at least 4 members (excludes halogenated alkanes) is 13. The fraction of sp³-hybridized carbons (Fsp3) is 0.696. The molecular weight excluding hydrogens is 306 g/mol. The molecule has 1 aromatic carbocycles. The van der Waals surface area contributed by atoms with Crippen molar-refractivity contribution in [3.8, 4) is 0 Å². The highest BCUT2D eigenvalue weighted by Gasteiger charge is 2.02. The van der Waals surface area contributed by atoms with Crippen LogP contribution >= 0.6 is 0 Å². The van der Waals surface area contributed by atoms with Crippen molar-refractivity contribution in [2.24, 2.45) is 0 Å². The summed E-state index contributed by atoms with van der Waals surface area (Å²) in [4.78, 5) is 11.9. The predicted molar refractivity (Wildman–Crippen MR) is 109 cm³/mol. The maximum absolute atomic E-state index is 11.9. The molecule has 0 aliphatic heterocycles. The number of rotatable bonds is 16. The van der Waals surface area contributed by atoms with Gasteiger partial charge in [-0.3, -0.25) is 4.79 Å². The Morgan fingerprint density at radius 2 is 1.12 bits per heavy atom. The van der Waals surface area contributed by atoms with Gasteiger partial charge in [-0.2, -0.15) is 0 Å². The molecule has 0 aromatic heterocycles. The van der Waals surface area contributed by atoms with E-state index in [-0.39, 0.29) is 5.91 Å². The van der Waals surface area contributed by atoms with Crippen molar-refractivity contribution in [2.75, 3.05) is 6.54 Å². The van der Waals surface area contributed by atoms with Crippen LogP contribution in [0.15, 0.2) is 30.3 Å². The van der Waals surface area contributed by atoms with E-state index < -0.39 is 0 Å². The molecule has 0 aliphatic rings. The molecule has 1 N–H and O–H groups in total. The van der Waals surface area contributed by atoms with Crippen molar-refractivity contribution in [3.63, 3.8) is 0 Å². The quantitative estimate of drug-likeness (QED) is 0.324. The topological polar surface area (TPSA) is 29.1 Å². The highest BCUT2D eigenvalue weighted by atomic mass is 16.1. The predicted octanol–water partition coefficient (Wildman–Crippen LogP) is 6.90. The number of carbonyl (C=O) groups excluding carboxylic acids is 1. The average molecular weight is 346 g/mol. The molecule has 0 atom stereocenters. The van der Waals surface area contributed by atoms with E-state index in [1.54, 1.807) is 0 Å². The molecule has 0 spiro atoms. The van der Waals surface area contributed by atoms with Gasteiger partial charge in [-0.05, 0) is 18.6 Å². The largest absolute Gasteiger partial charge is 0.352 e. The van der Waals surface area contributed by atoms with Gasteiger partial charge >= 0.3 is 0 Å². The van der Waals surface area contributed by atoms with Gasteiger partial charge < -0.3 is 5.32 Å². The molecule has 2 nitrogen and oxygen atoms in total. The zero-order valence-corrected chi connectivity index (χ0v) is 16.4. The first-order valence-electron chi connectivity index (χ1n) is 10.7. The van der Waals surface area contributed by atoms with Crippen LogP contribution < -0.4 is 5.32 Å². The molecule has 0 heterocycles. The van der Waals surface area contributed by atoms with Crippen LogP contribution in [0.3, 0.4) is 0 Å². The van der Waals surface area contributed by atoms with Gasteiger partial charge in [0, 0.05) is 12.1 Å². The van der Waals surface area contributed by atoms with E-state index in [2.05, 4.69) is 12.2 Å². The summed E-state index contributed by atoms with van der Waals surface area (Å²) < 4.78 is 0. The second-order valence-corrected chi connectivity index (χ2v) is 7.22. The zero-order valence-electron chi connectivity index (χ0n) is 16.4. The summed E-state index contributed by atoms with van der Waals surface area (Å²) in [5.41, 5.74) is 0.757. The van der Waals surface area contributed by atoms with Crippen LogP contribution in [-0.2, 0) is 0 Å². The summed E-state index contributed by atoms with van der Waals surface area (Å²) in [6.45, 7) is 3.08. The van der Waals surface area contributed by atoms with E-state index in [1.807, 2.05) is 30.3 Å². The number of hydrogen-bond donors (Lipinski definition) is 1. The highest BCUT2D eigenvalue weighted by Crippen LogP contribution is 2.12. The fourth-order valence-corrected chi connectivity index (χ4v) is 3.21. The fourth-order valence-electron chi connectivity index (χ4n) is 3.21. The normalized spacial score (nSPS) is 10.8. The molecule has 25 heavy (non-hydrogen) atoms. The Balaban J connectivity index is 1.78. The molecule has 0 unspecified atom stereocenters. The van der Waals surface area contributed by atoms with Crippen LogP contribution in [0.4, 0.5) is 0 Å². The smallest absolute Gasteiger partial charge is 0.251 e. The second kappa shape index (κ2) is 16.2. The lowest BCUT2D eigenvalue weighted by atomic mass is 10.0. The lowest BCUT2D eigenvalue weighted by Gasteiger charge is -2.05. The van der Waals surface area contributed by atoms with Crippen LogP contribution in [0.5, 0.6) is 0 Å². The van der Waals surface area contributed by atoms with Crippen molar-refractivity contribution >= 4 is 5.91 Å². The van der Waals surface area contributed by atoms with Gasteiger partial charge in [-0.25, -0.2) is 0 Å². The molecule has 1 rings (SSSR count). The van der Waals surface area contributed by atoms with Crippen LogP contribution in [0, 0.1) is 0 Å². The van der Waals surface area contributed by atoms with Gasteiger partial charge in [0.25, 0.3) is 5.91 Å². The molecule has 1 amide bonds. The lowest BCUT2D eigenvalue weighted by molar-refractivity contribution is 0.0953. The number of benzene rings is 1. The highest BCUT2D eigenvalue weighted by molar-refractivity contribution is 5.94. The standard InChI is InChI=1S/C23H39NO/c1-2-3-4-5-6-7-8-9-10-11-12-13-14-18-21-24-23(25)22-19-16-15-17-20-22/h15-17,19-20H,2-14,18,21H2,1H3,(H,24,25). The Kier molecular flexibility index (Phi) is 14.1. The summed E-state index contributed by atoms with van der Waals surface area (Å²) >= 11 is 0. The summed E-state index contributed by atoms with van der Waals surface area (Å²) in [6.07, 6.45) is 19.1. The lowest BCUT2D eigenvalue weighted by Crippen LogP contribution is -2.24. The van der Waals surface area contributed by atoms with Crippen LogP contribution in [-0.4, -0.2) is 12.5 Å². The molecule has 0 saturated carbocycles. The summed E-state index contributed by atoms with van der Waals surface area (Å²) in [6, 6.07) is 9.47. The van der Waals surface area contributed by atoms with Gasteiger partial charge in [0.2, 0.25) is 0 Å². The van der Waals surface area contributed by atoms with Crippen molar-refractivity contribution < 1.29 is 4.79 Å². The number of hydrogen-bond acceptors (Lipinski definition) is 1. The van der Waals surface area contributed by atoms with E-state index in [1.165, 1.54) is 83.5 Å². The van der Waals surface area contributed by atoms with Crippen LogP contribution in [0.25, 0.3) is 0 Å². The summed E-state index contributed by atoms with van der Waals surface area (Å²) in [5, 5.41) is 3.00. The number of amides is 1. The Bertz CT molecular complexity index is 415. The minimum atomic E-state index is 0.0512. The monoisotopic (exact) mass is 345 g/mol. The Hall–Kier alpha value is -1.31. The van der Waals surface area contributed by atoms with Crippen LogP contribution in [0.1, 0.15) is 107 Å². The van der Waals surface area contributed by atoms with Gasteiger partial charge in [0.15, 0.2) is 0 Å². The van der Waals surface area contributed by atoms with Gasteiger partial charge in [0.05, 0.1) is 0 Å². The Labute approximate surface area is 155 Å². The van der Waals surface area contributed by atoms with Crippen molar-refractivity contribution in [1.29, 1.82) is 0 Å². The van der Waals surface area contributed by atoms with Crippen molar-refractivity contribution in [1.82, 2.24) is 5.32 Å².